The molecule has 1 rings (SSSR count). The van der Waals surface area contributed by atoms with Gasteiger partial charge in [-0.05, 0) is 58.5 Å². The van der Waals surface area contributed by atoms with E-state index in [9.17, 15) is 9.59 Å². The molecular weight excluding hydrogens is 304 g/mol. The number of amides is 1. The van der Waals surface area contributed by atoms with Crippen molar-refractivity contribution in [3.63, 3.8) is 0 Å². The van der Waals surface area contributed by atoms with Gasteiger partial charge in [0.05, 0.1) is 5.56 Å². The predicted octanol–water partition coefficient (Wildman–Crippen LogP) is 4.13. The molecule has 134 valence electrons. The molecule has 1 atom stereocenters. The van der Waals surface area contributed by atoms with Crippen LogP contribution in [0.15, 0.2) is 18.2 Å². The monoisotopic (exact) mass is 334 g/mol. The Bertz CT molecular complexity index is 564. The number of carbonyl (C=O) groups excluding carboxylic acids is 2. The van der Waals surface area contributed by atoms with Gasteiger partial charge in [0.2, 0.25) is 0 Å². The number of ketones is 1. The van der Waals surface area contributed by atoms with Crippen LogP contribution in [0.25, 0.3) is 0 Å². The van der Waals surface area contributed by atoms with Gasteiger partial charge in [0, 0.05) is 19.1 Å². The molecule has 0 aliphatic rings. The second-order valence-electron chi connectivity index (χ2n) is 5.75. The summed E-state index contributed by atoms with van der Waals surface area (Å²) >= 11 is 0. The SMILES string of the molecule is CCN(CC)C(=O)Oc1cc([C@@H](C)N(CC)CC)ccc1C(C)=O. The molecule has 0 saturated carbocycles. The second kappa shape index (κ2) is 9.42. The molecule has 0 spiro atoms. The van der Waals surface area contributed by atoms with Gasteiger partial charge < -0.3 is 9.64 Å². The van der Waals surface area contributed by atoms with Crippen LogP contribution < -0.4 is 4.74 Å². The summed E-state index contributed by atoms with van der Waals surface area (Å²) in [7, 11) is 0. The fourth-order valence-electron chi connectivity index (χ4n) is 2.80. The maximum atomic E-state index is 12.3. The first-order valence-corrected chi connectivity index (χ1v) is 8.75. The van der Waals surface area contributed by atoms with Crippen molar-refractivity contribution in [3.8, 4) is 5.75 Å². The lowest BCUT2D eigenvalue weighted by Gasteiger charge is -2.27. The van der Waals surface area contributed by atoms with Gasteiger partial charge in [0.15, 0.2) is 5.78 Å². The zero-order chi connectivity index (χ0) is 18.3. The zero-order valence-corrected chi connectivity index (χ0v) is 15.8. The van der Waals surface area contributed by atoms with Gasteiger partial charge in [-0.3, -0.25) is 9.69 Å². The third-order valence-corrected chi connectivity index (χ3v) is 4.45. The van der Waals surface area contributed by atoms with E-state index >= 15 is 0 Å². The van der Waals surface area contributed by atoms with Gasteiger partial charge in [-0.15, -0.1) is 0 Å². The van der Waals surface area contributed by atoms with Gasteiger partial charge >= 0.3 is 6.09 Å². The van der Waals surface area contributed by atoms with Crippen molar-refractivity contribution in [2.45, 2.75) is 47.6 Å². The lowest BCUT2D eigenvalue weighted by molar-refractivity contribution is 0.101. The van der Waals surface area contributed by atoms with E-state index in [2.05, 4.69) is 25.7 Å². The summed E-state index contributed by atoms with van der Waals surface area (Å²) in [6.45, 7) is 14.6. The largest absolute Gasteiger partial charge is 0.415 e. The molecule has 0 heterocycles. The Morgan fingerprint density at radius 3 is 2.08 bits per heavy atom. The lowest BCUT2D eigenvalue weighted by atomic mass is 10.0. The average molecular weight is 334 g/mol. The molecule has 1 aromatic carbocycles. The van der Waals surface area contributed by atoms with Crippen LogP contribution in [0.5, 0.6) is 5.75 Å². The Hall–Kier alpha value is -1.88. The Kier molecular flexibility index (Phi) is 7.92. The summed E-state index contributed by atoms with van der Waals surface area (Å²) in [5.74, 6) is 0.232. The lowest BCUT2D eigenvalue weighted by Crippen LogP contribution is -2.33. The minimum atomic E-state index is -0.421. The number of carbonyl (C=O) groups is 2. The summed E-state index contributed by atoms with van der Waals surface area (Å²) in [4.78, 5) is 28.0. The van der Waals surface area contributed by atoms with Crippen LogP contribution in [0, 0.1) is 0 Å². The van der Waals surface area contributed by atoms with E-state index in [-0.39, 0.29) is 11.8 Å². The van der Waals surface area contributed by atoms with Crippen LogP contribution in [0.3, 0.4) is 0 Å². The molecular formula is C19H30N2O3. The van der Waals surface area contributed by atoms with Crippen molar-refractivity contribution in [1.29, 1.82) is 0 Å². The molecule has 0 N–H and O–H groups in total. The molecule has 0 fully saturated rings. The van der Waals surface area contributed by atoms with E-state index in [0.717, 1.165) is 18.7 Å². The highest BCUT2D eigenvalue weighted by molar-refractivity contribution is 5.97. The molecule has 5 heteroatoms. The first-order valence-electron chi connectivity index (χ1n) is 8.75. The van der Waals surface area contributed by atoms with E-state index in [0.29, 0.717) is 24.4 Å². The maximum absolute atomic E-state index is 12.3. The number of hydrogen-bond donors (Lipinski definition) is 0. The van der Waals surface area contributed by atoms with Crippen molar-refractivity contribution in [2.24, 2.45) is 0 Å². The van der Waals surface area contributed by atoms with Crippen LogP contribution in [-0.4, -0.2) is 47.9 Å². The van der Waals surface area contributed by atoms with E-state index in [4.69, 9.17) is 4.74 Å². The highest BCUT2D eigenvalue weighted by Gasteiger charge is 2.19. The van der Waals surface area contributed by atoms with Gasteiger partial charge in [0.1, 0.15) is 5.75 Å². The smallest absolute Gasteiger partial charge is 0.409 e. The van der Waals surface area contributed by atoms with Gasteiger partial charge in [0.25, 0.3) is 0 Å². The Morgan fingerprint density at radius 2 is 1.62 bits per heavy atom. The van der Waals surface area contributed by atoms with Crippen LogP contribution in [0.4, 0.5) is 4.79 Å². The van der Waals surface area contributed by atoms with E-state index in [1.165, 1.54) is 6.92 Å². The summed E-state index contributed by atoms with van der Waals surface area (Å²) in [5.41, 5.74) is 1.47. The van der Waals surface area contributed by atoms with Crippen molar-refractivity contribution < 1.29 is 14.3 Å². The van der Waals surface area contributed by atoms with Crippen molar-refractivity contribution in [3.05, 3.63) is 29.3 Å². The molecule has 0 aliphatic carbocycles. The van der Waals surface area contributed by atoms with Gasteiger partial charge in [-0.1, -0.05) is 19.9 Å². The summed E-state index contributed by atoms with van der Waals surface area (Å²) in [5, 5.41) is 0. The van der Waals surface area contributed by atoms with E-state index < -0.39 is 6.09 Å². The van der Waals surface area contributed by atoms with Crippen molar-refractivity contribution >= 4 is 11.9 Å². The Labute approximate surface area is 145 Å². The van der Waals surface area contributed by atoms with E-state index in [1.54, 1.807) is 11.0 Å². The molecule has 1 amide bonds. The molecule has 0 radical (unpaired) electrons. The molecule has 0 unspecified atom stereocenters. The minimum Gasteiger partial charge on any atom is -0.409 e. The topological polar surface area (TPSA) is 49.9 Å². The Morgan fingerprint density at radius 1 is 1.04 bits per heavy atom. The quantitative estimate of drug-likeness (QED) is 0.671. The van der Waals surface area contributed by atoms with Gasteiger partial charge in [-0.25, -0.2) is 4.79 Å². The third kappa shape index (κ3) is 4.81. The zero-order valence-electron chi connectivity index (χ0n) is 15.8. The first-order chi connectivity index (χ1) is 11.4. The summed E-state index contributed by atoms with van der Waals surface area (Å²) in [6.07, 6.45) is -0.421. The van der Waals surface area contributed by atoms with E-state index in [1.807, 2.05) is 26.0 Å². The first kappa shape index (κ1) is 20.2. The molecule has 1 aromatic rings. The molecule has 0 bridgehead atoms. The maximum Gasteiger partial charge on any atom is 0.415 e. The second-order valence-corrected chi connectivity index (χ2v) is 5.75. The number of Topliss-reactive ketones (excluding diaryl/α,β-unsaturated/α-hetero) is 1. The minimum absolute atomic E-state index is 0.112. The molecule has 24 heavy (non-hydrogen) atoms. The van der Waals surface area contributed by atoms with Crippen LogP contribution in [0.2, 0.25) is 0 Å². The summed E-state index contributed by atoms with van der Waals surface area (Å²) < 4.78 is 5.54. The number of benzene rings is 1. The fourth-order valence-corrected chi connectivity index (χ4v) is 2.80. The van der Waals surface area contributed by atoms with Crippen LogP contribution >= 0.6 is 0 Å². The normalized spacial score (nSPS) is 12.1. The highest BCUT2D eigenvalue weighted by Crippen LogP contribution is 2.28. The molecule has 0 saturated heterocycles. The molecule has 0 aliphatic heterocycles. The van der Waals surface area contributed by atoms with Crippen molar-refractivity contribution in [2.75, 3.05) is 26.2 Å². The Balaban J connectivity index is 3.18. The molecule has 5 nitrogen and oxygen atoms in total. The number of nitrogens with zero attached hydrogens (tertiary/aromatic N) is 2. The van der Waals surface area contributed by atoms with Crippen molar-refractivity contribution in [1.82, 2.24) is 9.80 Å². The molecule has 0 aromatic heterocycles. The third-order valence-electron chi connectivity index (χ3n) is 4.45. The average Bonchev–Trinajstić information content (AvgIpc) is 2.56. The number of ether oxygens (including phenoxy) is 1. The standard InChI is InChI=1S/C19H30N2O3/c1-7-20(8-2)14(5)16-11-12-17(15(6)22)18(13-16)24-19(23)21(9-3)10-4/h11-14H,7-10H2,1-6H3/t14-/m1/s1. The summed E-state index contributed by atoms with van der Waals surface area (Å²) in [6, 6.07) is 5.70. The highest BCUT2D eigenvalue weighted by atomic mass is 16.6. The number of hydrogen-bond acceptors (Lipinski definition) is 4. The van der Waals surface area contributed by atoms with Crippen LogP contribution in [-0.2, 0) is 0 Å². The van der Waals surface area contributed by atoms with Crippen LogP contribution in [0.1, 0.15) is 63.5 Å². The predicted molar refractivity (Wildman–Crippen MR) is 96.7 cm³/mol. The fraction of sp³-hybridized carbons (Fsp3) is 0.579. The van der Waals surface area contributed by atoms with Gasteiger partial charge in [-0.2, -0.15) is 0 Å². The number of rotatable bonds is 8.